The Morgan fingerprint density at radius 1 is 1.56 bits per heavy atom. The molecule has 0 aliphatic carbocycles. The predicted octanol–water partition coefficient (Wildman–Crippen LogP) is 2.74. The summed E-state index contributed by atoms with van der Waals surface area (Å²) in [6.07, 6.45) is 2.39. The van der Waals surface area contributed by atoms with Crippen molar-refractivity contribution < 1.29 is 4.79 Å². The number of hydrogen-bond acceptors (Lipinski definition) is 3. The fraction of sp³-hybridized carbons (Fsp3) is 0.455. The van der Waals surface area contributed by atoms with Crippen LogP contribution in [-0.4, -0.2) is 17.4 Å². The highest BCUT2D eigenvalue weighted by Gasteiger charge is 2.07. The SMILES string of the molecule is CC(C)=CCNC(=O)Cc1sc(=S)[nH]c1C. The van der Waals surface area contributed by atoms with Crippen LogP contribution in [0.1, 0.15) is 24.4 Å². The van der Waals surface area contributed by atoms with Crippen molar-refractivity contribution in [1.82, 2.24) is 10.3 Å². The molecule has 88 valence electrons. The minimum atomic E-state index is 0.0332. The lowest BCUT2D eigenvalue weighted by Gasteiger charge is -2.01. The number of allylic oxidation sites excluding steroid dienone is 1. The fourth-order valence-corrected chi connectivity index (χ4v) is 2.47. The minimum absolute atomic E-state index is 0.0332. The van der Waals surface area contributed by atoms with Crippen LogP contribution in [-0.2, 0) is 11.2 Å². The first-order chi connectivity index (χ1) is 7.49. The number of thiazole rings is 1. The van der Waals surface area contributed by atoms with E-state index in [4.69, 9.17) is 12.2 Å². The lowest BCUT2D eigenvalue weighted by molar-refractivity contribution is -0.120. The van der Waals surface area contributed by atoms with Crippen LogP contribution in [0.5, 0.6) is 0 Å². The number of H-pyrrole nitrogens is 1. The first-order valence-electron chi connectivity index (χ1n) is 5.07. The van der Waals surface area contributed by atoms with Crippen molar-refractivity contribution in [3.05, 3.63) is 26.2 Å². The summed E-state index contributed by atoms with van der Waals surface area (Å²) in [7, 11) is 0. The molecule has 0 aromatic carbocycles. The van der Waals surface area contributed by atoms with Crippen molar-refractivity contribution >= 4 is 29.5 Å². The molecule has 0 fully saturated rings. The van der Waals surface area contributed by atoms with Gasteiger partial charge in [-0.25, -0.2) is 0 Å². The van der Waals surface area contributed by atoms with Crippen LogP contribution in [0.4, 0.5) is 0 Å². The van der Waals surface area contributed by atoms with E-state index in [1.807, 2.05) is 26.8 Å². The van der Waals surface area contributed by atoms with Crippen molar-refractivity contribution in [3.63, 3.8) is 0 Å². The van der Waals surface area contributed by atoms with E-state index in [1.165, 1.54) is 16.9 Å². The first kappa shape index (κ1) is 13.1. The Bertz CT molecular complexity index is 453. The molecule has 0 spiro atoms. The number of hydrogen-bond donors (Lipinski definition) is 2. The molecule has 16 heavy (non-hydrogen) atoms. The Balaban J connectivity index is 2.49. The highest BCUT2D eigenvalue weighted by Crippen LogP contribution is 2.14. The maximum Gasteiger partial charge on any atom is 0.225 e. The van der Waals surface area contributed by atoms with Gasteiger partial charge in [0.1, 0.15) is 0 Å². The zero-order valence-corrected chi connectivity index (χ0v) is 11.3. The van der Waals surface area contributed by atoms with Gasteiger partial charge in [-0.15, -0.1) is 11.3 Å². The van der Waals surface area contributed by atoms with Crippen LogP contribution in [0.15, 0.2) is 11.6 Å². The van der Waals surface area contributed by atoms with Gasteiger partial charge in [0, 0.05) is 17.1 Å². The van der Waals surface area contributed by atoms with Crippen molar-refractivity contribution in [1.29, 1.82) is 0 Å². The van der Waals surface area contributed by atoms with Crippen molar-refractivity contribution in [2.75, 3.05) is 6.54 Å². The fourth-order valence-electron chi connectivity index (χ4n) is 1.18. The molecule has 0 aliphatic rings. The van der Waals surface area contributed by atoms with Gasteiger partial charge in [0.15, 0.2) is 3.95 Å². The van der Waals surface area contributed by atoms with Crippen LogP contribution < -0.4 is 5.32 Å². The molecule has 0 unspecified atom stereocenters. The smallest absolute Gasteiger partial charge is 0.225 e. The summed E-state index contributed by atoms with van der Waals surface area (Å²) in [4.78, 5) is 15.6. The molecule has 1 aromatic heterocycles. The zero-order valence-electron chi connectivity index (χ0n) is 9.72. The Morgan fingerprint density at radius 3 is 2.75 bits per heavy atom. The Morgan fingerprint density at radius 2 is 2.25 bits per heavy atom. The van der Waals surface area contributed by atoms with Crippen LogP contribution in [0, 0.1) is 10.9 Å². The molecule has 1 rings (SSSR count). The van der Waals surface area contributed by atoms with Crippen molar-refractivity contribution in [2.24, 2.45) is 0 Å². The van der Waals surface area contributed by atoms with Gasteiger partial charge in [-0.2, -0.15) is 0 Å². The van der Waals surface area contributed by atoms with E-state index >= 15 is 0 Å². The summed E-state index contributed by atoms with van der Waals surface area (Å²) in [5, 5.41) is 2.84. The molecular formula is C11H16N2OS2. The molecule has 1 amide bonds. The molecule has 5 heteroatoms. The van der Waals surface area contributed by atoms with Gasteiger partial charge in [0.25, 0.3) is 0 Å². The van der Waals surface area contributed by atoms with Crippen molar-refractivity contribution in [2.45, 2.75) is 27.2 Å². The van der Waals surface area contributed by atoms with E-state index in [-0.39, 0.29) is 5.91 Å². The maximum absolute atomic E-state index is 11.6. The minimum Gasteiger partial charge on any atom is -0.352 e. The van der Waals surface area contributed by atoms with Gasteiger partial charge >= 0.3 is 0 Å². The average Bonchev–Trinajstić information content (AvgIpc) is 2.44. The van der Waals surface area contributed by atoms with Gasteiger partial charge in [-0.3, -0.25) is 4.79 Å². The second-order valence-electron chi connectivity index (χ2n) is 3.83. The average molecular weight is 256 g/mol. The first-order valence-corrected chi connectivity index (χ1v) is 6.30. The van der Waals surface area contributed by atoms with Crippen LogP contribution in [0.2, 0.25) is 0 Å². The lowest BCUT2D eigenvalue weighted by atomic mass is 10.3. The molecular weight excluding hydrogens is 240 g/mol. The number of rotatable bonds is 4. The molecule has 0 atom stereocenters. The van der Waals surface area contributed by atoms with Crippen LogP contribution >= 0.6 is 23.6 Å². The zero-order chi connectivity index (χ0) is 12.1. The normalized spacial score (nSPS) is 9.94. The Hall–Kier alpha value is -0.940. The standard InChI is InChI=1S/C11H16N2OS2/c1-7(2)4-5-12-10(14)6-9-8(3)13-11(15)16-9/h4H,5-6H2,1-3H3,(H,12,14)(H,13,15). The van der Waals surface area contributed by atoms with Gasteiger partial charge in [0.2, 0.25) is 5.91 Å². The van der Waals surface area contributed by atoms with Gasteiger partial charge in [-0.05, 0) is 33.0 Å². The summed E-state index contributed by atoms with van der Waals surface area (Å²) in [5.74, 6) is 0.0332. The second kappa shape index (κ2) is 5.96. The van der Waals surface area contributed by atoms with Crippen LogP contribution in [0.25, 0.3) is 0 Å². The number of amides is 1. The van der Waals surface area contributed by atoms with E-state index in [1.54, 1.807) is 0 Å². The number of carbonyl (C=O) groups is 1. The molecule has 0 saturated carbocycles. The van der Waals surface area contributed by atoms with E-state index in [0.717, 1.165) is 14.5 Å². The molecule has 3 nitrogen and oxygen atoms in total. The number of aromatic amines is 1. The number of nitrogens with one attached hydrogen (secondary N) is 2. The summed E-state index contributed by atoms with van der Waals surface area (Å²) >= 11 is 6.48. The summed E-state index contributed by atoms with van der Waals surface area (Å²) < 4.78 is 0.726. The molecule has 0 radical (unpaired) electrons. The Labute approximate surface area is 105 Å². The summed E-state index contributed by atoms with van der Waals surface area (Å²) in [6, 6.07) is 0. The van der Waals surface area contributed by atoms with E-state index in [0.29, 0.717) is 13.0 Å². The maximum atomic E-state index is 11.6. The van der Waals surface area contributed by atoms with E-state index in [9.17, 15) is 4.79 Å². The highest BCUT2D eigenvalue weighted by molar-refractivity contribution is 7.73. The molecule has 0 aliphatic heterocycles. The Kier molecular flexibility index (Phi) is 4.89. The highest BCUT2D eigenvalue weighted by atomic mass is 32.1. The predicted molar refractivity (Wildman–Crippen MR) is 70.4 cm³/mol. The molecule has 2 N–H and O–H groups in total. The lowest BCUT2D eigenvalue weighted by Crippen LogP contribution is -2.25. The third kappa shape index (κ3) is 4.28. The number of aryl methyl sites for hydroxylation is 1. The molecule has 0 bridgehead atoms. The second-order valence-corrected chi connectivity index (χ2v) is 5.60. The van der Waals surface area contributed by atoms with E-state index < -0.39 is 0 Å². The summed E-state index contributed by atoms with van der Waals surface area (Å²) in [6.45, 7) is 6.54. The summed E-state index contributed by atoms with van der Waals surface area (Å²) in [5.41, 5.74) is 2.20. The van der Waals surface area contributed by atoms with Crippen LogP contribution in [0.3, 0.4) is 0 Å². The molecule has 1 heterocycles. The van der Waals surface area contributed by atoms with Gasteiger partial charge < -0.3 is 10.3 Å². The number of carbonyl (C=O) groups excluding carboxylic acids is 1. The molecule has 0 saturated heterocycles. The quantitative estimate of drug-likeness (QED) is 0.642. The topological polar surface area (TPSA) is 44.9 Å². The van der Waals surface area contributed by atoms with E-state index in [2.05, 4.69) is 10.3 Å². The monoisotopic (exact) mass is 256 g/mol. The largest absolute Gasteiger partial charge is 0.352 e. The van der Waals surface area contributed by atoms with Crippen molar-refractivity contribution in [3.8, 4) is 0 Å². The third-order valence-corrected chi connectivity index (χ3v) is 3.39. The molecule has 1 aromatic rings. The third-order valence-electron chi connectivity index (χ3n) is 2.05. The van der Waals surface area contributed by atoms with Gasteiger partial charge in [-0.1, -0.05) is 11.6 Å². The number of aromatic nitrogens is 1. The van der Waals surface area contributed by atoms with Gasteiger partial charge in [0.05, 0.1) is 6.42 Å².